The van der Waals surface area contributed by atoms with Crippen LogP contribution < -0.4 is 0 Å². The minimum atomic E-state index is -0.546. The van der Waals surface area contributed by atoms with Crippen LogP contribution in [0, 0.1) is 10.7 Å². The molecule has 0 amide bonds. The zero-order valence-corrected chi connectivity index (χ0v) is 4.20. The average molecular weight is 143 g/mol. The van der Waals surface area contributed by atoms with E-state index >= 15 is 0 Å². The number of aliphatic hydroxyl groups is 1. The minimum absolute atomic E-state index is 0. The fourth-order valence-corrected chi connectivity index (χ4v) is 0.229. The molecule has 0 radical (unpaired) electrons. The molecule has 0 aromatic rings. The Morgan fingerprint density at radius 1 is 1.86 bits per heavy atom. The van der Waals surface area contributed by atoms with E-state index in [1.165, 1.54) is 0 Å². The van der Waals surface area contributed by atoms with Crippen molar-refractivity contribution in [1.82, 2.24) is 0 Å². The van der Waals surface area contributed by atoms with Gasteiger partial charge in [-0.25, -0.2) is 0 Å². The van der Waals surface area contributed by atoms with Gasteiger partial charge in [-0.05, 0) is 18.7 Å². The number of nitrogens with zero attached hydrogens (tertiary/aromatic N) is 1. The van der Waals surface area contributed by atoms with Gasteiger partial charge in [0.2, 0.25) is 0 Å². The number of aliphatic hydroxyl groups excluding tert-OH is 1. The van der Waals surface area contributed by atoms with Gasteiger partial charge in [0, 0.05) is 0 Å². The molecule has 7 heavy (non-hydrogen) atoms. The fraction of sp³-hybridized carbons (Fsp3) is 0.667. The zero-order valence-electron chi connectivity index (χ0n) is 3.38. The number of thiocyanates is 1. The second-order valence-electron chi connectivity index (χ2n) is 0.808. The summed E-state index contributed by atoms with van der Waals surface area (Å²) in [6.45, 7) is 1.55. The molecule has 0 spiro atoms. The quantitative estimate of drug-likeness (QED) is 0.316. The number of hydrogen-bond donors (Lipinski definition) is 1. The first-order valence-electron chi connectivity index (χ1n) is 1.50. The van der Waals surface area contributed by atoms with Crippen molar-refractivity contribution in [2.24, 2.45) is 0 Å². The summed E-state index contributed by atoms with van der Waals surface area (Å²) in [7, 11) is 0. The summed E-state index contributed by atoms with van der Waals surface area (Å²) in [4.78, 5) is 0. The summed E-state index contributed by atoms with van der Waals surface area (Å²) in [6, 6.07) is 0. The molecule has 0 aromatic heterocycles. The van der Waals surface area contributed by atoms with Crippen molar-refractivity contribution in [3.63, 3.8) is 0 Å². The van der Waals surface area contributed by atoms with E-state index in [1.54, 1.807) is 12.3 Å². The molecule has 1 unspecified atom stereocenters. The van der Waals surface area contributed by atoms with E-state index in [0.717, 1.165) is 11.8 Å². The Bertz CT molecular complexity index is 69.8. The zero-order chi connectivity index (χ0) is 4.99. The number of nitriles is 1. The van der Waals surface area contributed by atoms with Crippen LogP contribution in [0.3, 0.4) is 0 Å². The first-order valence-corrected chi connectivity index (χ1v) is 2.38. The molecule has 0 aliphatic heterocycles. The Kier molecular flexibility index (Phi) is 12.0. The molecule has 0 saturated carbocycles. The number of thioether (sulfide) groups is 1. The van der Waals surface area contributed by atoms with Crippen LogP contribution in [0.15, 0.2) is 0 Å². The van der Waals surface area contributed by atoms with Gasteiger partial charge in [0.25, 0.3) is 0 Å². The third-order valence-corrected chi connectivity index (χ3v) is 0.670. The van der Waals surface area contributed by atoms with Crippen LogP contribution in [0.4, 0.5) is 0 Å². The van der Waals surface area contributed by atoms with Crippen molar-refractivity contribution in [2.45, 2.75) is 12.4 Å². The first kappa shape index (κ1) is 11.3. The number of hydrogen-bond acceptors (Lipinski definition) is 3. The fourth-order valence-electron chi connectivity index (χ4n) is 0.0763. The predicted octanol–water partition coefficient (Wildman–Crippen LogP) is -0.110. The van der Waals surface area contributed by atoms with Crippen LogP contribution in [0.2, 0.25) is 0 Å². The topological polar surface area (TPSA) is 44.0 Å². The Morgan fingerprint density at radius 2 is 2.29 bits per heavy atom. The van der Waals surface area contributed by atoms with E-state index in [0.29, 0.717) is 0 Å². The van der Waals surface area contributed by atoms with Gasteiger partial charge in [-0.3, -0.25) is 0 Å². The van der Waals surface area contributed by atoms with Gasteiger partial charge in [-0.2, -0.15) is 5.26 Å². The van der Waals surface area contributed by atoms with E-state index in [4.69, 9.17) is 10.4 Å². The van der Waals surface area contributed by atoms with Crippen LogP contribution in [0.25, 0.3) is 0 Å². The van der Waals surface area contributed by atoms with Crippen LogP contribution in [-0.2, 0) is 0 Å². The van der Waals surface area contributed by atoms with E-state index in [9.17, 15) is 0 Å². The van der Waals surface area contributed by atoms with Gasteiger partial charge in [0.05, 0.1) is 0 Å². The van der Waals surface area contributed by atoms with E-state index in [-0.39, 0.29) is 51.4 Å². The molecule has 4 heteroatoms. The molecule has 0 aliphatic rings. The average Bonchev–Trinajstić information content (AvgIpc) is 1.35. The molecule has 0 bridgehead atoms. The summed E-state index contributed by atoms with van der Waals surface area (Å²) in [6.07, 6.45) is 0. The SMILES string of the molecule is CC(O)SC#N.[KH]. The van der Waals surface area contributed by atoms with Crippen LogP contribution in [0.1, 0.15) is 6.92 Å². The molecule has 0 fully saturated rings. The maximum atomic E-state index is 8.29. The van der Waals surface area contributed by atoms with Gasteiger partial charge in [0.15, 0.2) is 0 Å². The molecule has 0 heterocycles. The Hall–Kier alpha value is 1.44. The van der Waals surface area contributed by atoms with Crippen molar-refractivity contribution in [3.05, 3.63) is 0 Å². The van der Waals surface area contributed by atoms with Crippen molar-refractivity contribution >= 4 is 63.1 Å². The van der Waals surface area contributed by atoms with Crippen molar-refractivity contribution in [1.29, 1.82) is 5.26 Å². The van der Waals surface area contributed by atoms with Gasteiger partial charge >= 0.3 is 51.4 Å². The molecule has 1 N–H and O–H groups in total. The Morgan fingerprint density at radius 3 is 2.29 bits per heavy atom. The van der Waals surface area contributed by atoms with Crippen molar-refractivity contribution in [2.75, 3.05) is 0 Å². The van der Waals surface area contributed by atoms with E-state index in [2.05, 4.69) is 0 Å². The molecule has 1 atom stereocenters. The molecule has 0 rings (SSSR count). The molecular formula is C3H6KNOS. The van der Waals surface area contributed by atoms with Gasteiger partial charge < -0.3 is 5.11 Å². The normalized spacial score (nSPS) is 11.0. The van der Waals surface area contributed by atoms with Crippen LogP contribution >= 0.6 is 11.8 Å². The monoisotopic (exact) mass is 143 g/mol. The Labute approximate surface area is 89.7 Å². The molecule has 0 aliphatic carbocycles. The van der Waals surface area contributed by atoms with Crippen LogP contribution in [-0.4, -0.2) is 61.9 Å². The molecule has 2 nitrogen and oxygen atoms in total. The second-order valence-corrected chi connectivity index (χ2v) is 1.91. The van der Waals surface area contributed by atoms with E-state index in [1.807, 2.05) is 0 Å². The van der Waals surface area contributed by atoms with Crippen molar-refractivity contribution < 1.29 is 5.11 Å². The Balaban J connectivity index is 0. The third-order valence-electron chi connectivity index (χ3n) is 0.223. The number of rotatable bonds is 1. The molecule has 0 saturated heterocycles. The van der Waals surface area contributed by atoms with Gasteiger partial charge in [-0.1, -0.05) is 0 Å². The summed E-state index contributed by atoms with van der Waals surface area (Å²) in [5.41, 5.74) is -0.546. The molecule has 0 aromatic carbocycles. The van der Waals surface area contributed by atoms with E-state index < -0.39 is 5.44 Å². The summed E-state index contributed by atoms with van der Waals surface area (Å²) < 4.78 is 0. The van der Waals surface area contributed by atoms with Gasteiger partial charge in [0.1, 0.15) is 10.8 Å². The molecule has 36 valence electrons. The molecular weight excluding hydrogens is 137 g/mol. The second kappa shape index (κ2) is 7.44. The summed E-state index contributed by atoms with van der Waals surface area (Å²) in [5, 5.41) is 17.8. The summed E-state index contributed by atoms with van der Waals surface area (Å²) >= 11 is 0.847. The summed E-state index contributed by atoms with van der Waals surface area (Å²) in [5.74, 6) is 0. The third kappa shape index (κ3) is 11.2. The first-order chi connectivity index (χ1) is 2.77. The maximum absolute atomic E-state index is 8.29. The van der Waals surface area contributed by atoms with Crippen molar-refractivity contribution in [3.8, 4) is 5.40 Å². The standard InChI is InChI=1S/C3H5NOS.K.H/c1-3(5)6-2-4;;/h3,5H,1H3;;. The predicted molar refractivity (Wildman–Crippen MR) is 32.0 cm³/mol. The van der Waals surface area contributed by atoms with Gasteiger partial charge in [-0.15, -0.1) is 0 Å². The van der Waals surface area contributed by atoms with Crippen LogP contribution in [0.5, 0.6) is 0 Å².